The molecule has 1 amide bonds. The molecule has 2 heterocycles. The van der Waals surface area contributed by atoms with Gasteiger partial charge in [0, 0.05) is 11.6 Å². The molecule has 1 saturated heterocycles. The third-order valence-corrected chi connectivity index (χ3v) is 4.86. The molecule has 0 radical (unpaired) electrons. The fourth-order valence-electron chi connectivity index (χ4n) is 2.40. The third kappa shape index (κ3) is 2.69. The molecular formula is C15H19N3OS. The minimum atomic E-state index is -0.0432. The fraction of sp³-hybridized carbons (Fsp3) is 0.467. The molecule has 1 atom stereocenters. The zero-order valence-corrected chi connectivity index (χ0v) is 12.6. The van der Waals surface area contributed by atoms with Crippen molar-refractivity contribution in [3.8, 4) is 0 Å². The lowest BCUT2D eigenvalue weighted by Crippen LogP contribution is -2.35. The van der Waals surface area contributed by atoms with Gasteiger partial charge in [0.05, 0.1) is 21.3 Å². The van der Waals surface area contributed by atoms with E-state index >= 15 is 0 Å². The number of rotatable bonds is 3. The maximum absolute atomic E-state index is 12.1. The minimum absolute atomic E-state index is 0.0432. The van der Waals surface area contributed by atoms with Crippen molar-refractivity contribution in [2.45, 2.75) is 38.6 Å². The van der Waals surface area contributed by atoms with E-state index in [2.05, 4.69) is 29.5 Å². The Labute approximate surface area is 122 Å². The summed E-state index contributed by atoms with van der Waals surface area (Å²) in [7, 11) is 0. The standard InChI is InChI=1S/C15H19N3OS/c1-9(2)15-18-11-6-5-10(8-13(11)20-15)17-14(19)12-4-3-7-16-12/h5-6,8-9,12,16H,3-4,7H2,1-2H3,(H,17,19). The molecule has 1 aliphatic heterocycles. The molecule has 0 aliphatic carbocycles. The number of nitrogens with one attached hydrogen (secondary N) is 2. The molecule has 2 aromatic rings. The number of carbonyl (C=O) groups excluding carboxylic acids is 1. The Morgan fingerprint density at radius 3 is 3.05 bits per heavy atom. The van der Waals surface area contributed by atoms with Crippen LogP contribution in [0, 0.1) is 0 Å². The Bertz CT molecular complexity index is 629. The molecule has 20 heavy (non-hydrogen) atoms. The Morgan fingerprint density at radius 2 is 2.35 bits per heavy atom. The van der Waals surface area contributed by atoms with Crippen LogP contribution >= 0.6 is 11.3 Å². The van der Waals surface area contributed by atoms with Gasteiger partial charge in [0.2, 0.25) is 5.91 Å². The highest BCUT2D eigenvalue weighted by Crippen LogP contribution is 2.29. The van der Waals surface area contributed by atoms with Crippen LogP contribution in [0.4, 0.5) is 5.69 Å². The predicted molar refractivity (Wildman–Crippen MR) is 83.4 cm³/mol. The van der Waals surface area contributed by atoms with E-state index in [0.29, 0.717) is 5.92 Å². The monoisotopic (exact) mass is 289 g/mol. The lowest BCUT2D eigenvalue weighted by Gasteiger charge is -2.10. The van der Waals surface area contributed by atoms with E-state index in [1.807, 2.05) is 18.2 Å². The summed E-state index contributed by atoms with van der Waals surface area (Å²) in [5.41, 5.74) is 1.87. The fourth-order valence-corrected chi connectivity index (χ4v) is 3.41. The van der Waals surface area contributed by atoms with Gasteiger partial charge in [-0.1, -0.05) is 13.8 Å². The maximum Gasteiger partial charge on any atom is 0.241 e. The van der Waals surface area contributed by atoms with E-state index < -0.39 is 0 Å². The van der Waals surface area contributed by atoms with Crippen LogP contribution < -0.4 is 10.6 Å². The average Bonchev–Trinajstić information content (AvgIpc) is 3.07. The lowest BCUT2D eigenvalue weighted by molar-refractivity contribution is -0.117. The van der Waals surface area contributed by atoms with Crippen LogP contribution in [0.1, 0.15) is 37.6 Å². The van der Waals surface area contributed by atoms with Crippen molar-refractivity contribution in [3.63, 3.8) is 0 Å². The molecule has 1 aromatic heterocycles. The molecule has 1 aliphatic rings. The van der Waals surface area contributed by atoms with Gasteiger partial charge < -0.3 is 10.6 Å². The molecule has 1 unspecified atom stereocenters. The van der Waals surface area contributed by atoms with Gasteiger partial charge in [0.15, 0.2) is 0 Å². The summed E-state index contributed by atoms with van der Waals surface area (Å²) in [5.74, 6) is 0.503. The van der Waals surface area contributed by atoms with Gasteiger partial charge in [-0.2, -0.15) is 0 Å². The van der Waals surface area contributed by atoms with E-state index in [9.17, 15) is 4.79 Å². The highest BCUT2D eigenvalue weighted by Gasteiger charge is 2.22. The number of aromatic nitrogens is 1. The Hall–Kier alpha value is -1.46. The largest absolute Gasteiger partial charge is 0.325 e. The quantitative estimate of drug-likeness (QED) is 0.913. The number of hydrogen-bond acceptors (Lipinski definition) is 4. The van der Waals surface area contributed by atoms with Crippen molar-refractivity contribution in [1.82, 2.24) is 10.3 Å². The van der Waals surface area contributed by atoms with Crippen molar-refractivity contribution < 1.29 is 4.79 Å². The van der Waals surface area contributed by atoms with Gasteiger partial charge in [0.1, 0.15) is 0 Å². The van der Waals surface area contributed by atoms with E-state index in [1.54, 1.807) is 11.3 Å². The number of carbonyl (C=O) groups is 1. The average molecular weight is 289 g/mol. The Kier molecular flexibility index (Phi) is 3.72. The van der Waals surface area contributed by atoms with Gasteiger partial charge in [-0.25, -0.2) is 4.98 Å². The first kappa shape index (κ1) is 13.5. The normalized spacial score (nSPS) is 18.9. The summed E-state index contributed by atoms with van der Waals surface area (Å²) in [4.78, 5) is 16.7. The Balaban J connectivity index is 1.79. The molecule has 2 N–H and O–H groups in total. The SMILES string of the molecule is CC(C)c1nc2ccc(NC(=O)C3CCCN3)cc2s1. The number of benzene rings is 1. The van der Waals surface area contributed by atoms with Crippen LogP contribution in [0.3, 0.4) is 0 Å². The third-order valence-electron chi connectivity index (χ3n) is 3.54. The van der Waals surface area contributed by atoms with Crippen LogP contribution in [0.25, 0.3) is 10.2 Å². The molecule has 0 spiro atoms. The lowest BCUT2D eigenvalue weighted by atomic mass is 10.2. The molecule has 3 rings (SSSR count). The molecule has 106 valence electrons. The first-order valence-electron chi connectivity index (χ1n) is 7.08. The smallest absolute Gasteiger partial charge is 0.241 e. The first-order valence-corrected chi connectivity index (χ1v) is 7.90. The zero-order valence-electron chi connectivity index (χ0n) is 11.8. The van der Waals surface area contributed by atoms with Gasteiger partial charge in [-0.15, -0.1) is 11.3 Å². The van der Waals surface area contributed by atoms with E-state index in [4.69, 9.17) is 0 Å². The van der Waals surface area contributed by atoms with Crippen molar-refractivity contribution >= 4 is 33.1 Å². The van der Waals surface area contributed by atoms with E-state index in [-0.39, 0.29) is 11.9 Å². The number of fused-ring (bicyclic) bond motifs is 1. The van der Waals surface area contributed by atoms with Crippen LogP contribution in [0.2, 0.25) is 0 Å². The summed E-state index contributed by atoms with van der Waals surface area (Å²) in [5, 5.41) is 7.34. The second-order valence-electron chi connectivity index (χ2n) is 5.53. The van der Waals surface area contributed by atoms with Crippen LogP contribution in [-0.4, -0.2) is 23.5 Å². The minimum Gasteiger partial charge on any atom is -0.325 e. The number of hydrogen-bond donors (Lipinski definition) is 2. The second kappa shape index (κ2) is 5.50. The number of thiazole rings is 1. The summed E-state index contributed by atoms with van der Waals surface area (Å²) < 4.78 is 1.13. The summed E-state index contributed by atoms with van der Waals surface area (Å²) in [6, 6.07) is 5.89. The molecule has 1 aromatic carbocycles. The summed E-state index contributed by atoms with van der Waals surface area (Å²) >= 11 is 1.70. The highest BCUT2D eigenvalue weighted by atomic mass is 32.1. The Morgan fingerprint density at radius 1 is 1.50 bits per heavy atom. The van der Waals surface area contributed by atoms with Crippen molar-refractivity contribution in [2.24, 2.45) is 0 Å². The van der Waals surface area contributed by atoms with Gasteiger partial charge in [-0.05, 0) is 37.6 Å². The molecule has 1 fully saturated rings. The number of amides is 1. The van der Waals surface area contributed by atoms with Crippen LogP contribution in [-0.2, 0) is 4.79 Å². The molecule has 0 saturated carbocycles. The summed E-state index contributed by atoms with van der Waals surface area (Å²) in [6.07, 6.45) is 2.00. The molecule has 0 bridgehead atoms. The van der Waals surface area contributed by atoms with Gasteiger partial charge in [0.25, 0.3) is 0 Å². The predicted octanol–water partition coefficient (Wildman–Crippen LogP) is 3.11. The number of anilines is 1. The first-order chi connectivity index (χ1) is 9.63. The highest BCUT2D eigenvalue weighted by molar-refractivity contribution is 7.18. The van der Waals surface area contributed by atoms with Gasteiger partial charge in [-0.3, -0.25) is 4.79 Å². The number of nitrogens with zero attached hydrogens (tertiary/aromatic N) is 1. The van der Waals surface area contributed by atoms with Crippen LogP contribution in [0.15, 0.2) is 18.2 Å². The summed E-state index contributed by atoms with van der Waals surface area (Å²) in [6.45, 7) is 5.22. The van der Waals surface area contributed by atoms with Crippen molar-refractivity contribution in [3.05, 3.63) is 23.2 Å². The topological polar surface area (TPSA) is 54.0 Å². The van der Waals surface area contributed by atoms with Crippen molar-refractivity contribution in [1.29, 1.82) is 0 Å². The zero-order chi connectivity index (χ0) is 14.1. The second-order valence-corrected chi connectivity index (χ2v) is 6.59. The van der Waals surface area contributed by atoms with E-state index in [0.717, 1.165) is 40.3 Å². The molecule has 4 nitrogen and oxygen atoms in total. The van der Waals surface area contributed by atoms with Crippen LogP contribution in [0.5, 0.6) is 0 Å². The van der Waals surface area contributed by atoms with Gasteiger partial charge >= 0.3 is 0 Å². The van der Waals surface area contributed by atoms with Crippen molar-refractivity contribution in [2.75, 3.05) is 11.9 Å². The molecule has 5 heteroatoms. The molecular weight excluding hydrogens is 270 g/mol. The maximum atomic E-state index is 12.1. The van der Waals surface area contributed by atoms with E-state index in [1.165, 1.54) is 0 Å².